The maximum absolute atomic E-state index is 12.6. The van der Waals surface area contributed by atoms with E-state index in [9.17, 15) is 4.79 Å². The van der Waals surface area contributed by atoms with Gasteiger partial charge in [-0.1, -0.05) is 48.5 Å². The number of benzene rings is 2. The van der Waals surface area contributed by atoms with Gasteiger partial charge in [0.2, 0.25) is 11.9 Å². The molecule has 0 spiro atoms. The molecule has 1 fully saturated rings. The second kappa shape index (κ2) is 7.99. The largest absolute Gasteiger partial charge is 0.340 e. The molecule has 1 aliphatic heterocycles. The summed E-state index contributed by atoms with van der Waals surface area (Å²) < 4.78 is 0. The van der Waals surface area contributed by atoms with Crippen molar-refractivity contribution >= 4 is 17.5 Å². The van der Waals surface area contributed by atoms with Crippen LogP contribution in [-0.2, 0) is 4.79 Å². The number of hydrogen-bond donors (Lipinski definition) is 1. The molecule has 1 atom stereocenters. The van der Waals surface area contributed by atoms with Gasteiger partial charge in [-0.15, -0.1) is 0 Å². The normalized spacial score (nSPS) is 16.7. The van der Waals surface area contributed by atoms with Crippen LogP contribution in [-0.4, -0.2) is 29.0 Å². The molecule has 136 valence electrons. The number of para-hydroxylation sites is 1. The smallest absolute Gasteiger partial charge is 0.229 e. The van der Waals surface area contributed by atoms with E-state index >= 15 is 0 Å². The molecule has 0 aliphatic carbocycles. The van der Waals surface area contributed by atoms with Gasteiger partial charge in [0.25, 0.3) is 0 Å². The highest BCUT2D eigenvalue weighted by Gasteiger charge is 2.27. The van der Waals surface area contributed by atoms with Crippen molar-refractivity contribution in [3.63, 3.8) is 0 Å². The van der Waals surface area contributed by atoms with Crippen molar-refractivity contribution in [2.75, 3.05) is 23.3 Å². The Kier molecular flexibility index (Phi) is 5.10. The lowest BCUT2D eigenvalue weighted by Crippen LogP contribution is -2.41. The number of piperidine rings is 1. The molecular formula is C22H22N4O. The van der Waals surface area contributed by atoms with Crippen LogP contribution in [0.5, 0.6) is 0 Å². The minimum Gasteiger partial charge on any atom is -0.340 e. The number of aromatic nitrogens is 2. The first-order valence-corrected chi connectivity index (χ1v) is 9.28. The molecule has 27 heavy (non-hydrogen) atoms. The summed E-state index contributed by atoms with van der Waals surface area (Å²) in [5, 5.41) is 3.01. The predicted octanol–water partition coefficient (Wildman–Crippen LogP) is 4.00. The van der Waals surface area contributed by atoms with Crippen molar-refractivity contribution in [3.05, 3.63) is 73.1 Å². The van der Waals surface area contributed by atoms with Crippen LogP contribution in [0.15, 0.2) is 73.1 Å². The molecule has 0 bridgehead atoms. The summed E-state index contributed by atoms with van der Waals surface area (Å²) in [7, 11) is 0. The van der Waals surface area contributed by atoms with Crippen molar-refractivity contribution in [1.82, 2.24) is 9.97 Å². The van der Waals surface area contributed by atoms with Crippen LogP contribution >= 0.6 is 0 Å². The van der Waals surface area contributed by atoms with Gasteiger partial charge >= 0.3 is 0 Å². The Morgan fingerprint density at radius 3 is 2.30 bits per heavy atom. The van der Waals surface area contributed by atoms with E-state index in [0.29, 0.717) is 12.5 Å². The van der Waals surface area contributed by atoms with Crippen LogP contribution in [0.1, 0.15) is 12.8 Å². The van der Waals surface area contributed by atoms with Gasteiger partial charge in [0.1, 0.15) is 0 Å². The van der Waals surface area contributed by atoms with Crippen molar-refractivity contribution in [2.45, 2.75) is 12.8 Å². The van der Waals surface area contributed by atoms with Crippen molar-refractivity contribution in [3.8, 4) is 11.1 Å². The molecule has 0 saturated carbocycles. The molecule has 5 nitrogen and oxygen atoms in total. The summed E-state index contributed by atoms with van der Waals surface area (Å²) >= 11 is 0. The lowest BCUT2D eigenvalue weighted by atomic mass is 9.97. The lowest BCUT2D eigenvalue weighted by molar-refractivity contribution is -0.120. The minimum absolute atomic E-state index is 0.0589. The standard InChI is InChI=1S/C22H22N4O/c27-21(25-20-11-5-2-6-12-20)18-10-7-13-26(16-18)22-23-14-19(15-24-22)17-8-3-1-4-9-17/h1-6,8-9,11-12,14-15,18H,7,10,13,16H2,(H,25,27)/t18-/m0/s1. The SMILES string of the molecule is O=C(Nc1ccccc1)[C@H]1CCCN(c2ncc(-c3ccccc3)cn2)C1. The number of carbonyl (C=O) groups is 1. The van der Waals surface area contributed by atoms with Gasteiger partial charge in [0.05, 0.1) is 5.92 Å². The summed E-state index contributed by atoms with van der Waals surface area (Å²) in [5.74, 6) is 0.690. The van der Waals surface area contributed by atoms with Gasteiger partial charge < -0.3 is 10.2 Å². The van der Waals surface area contributed by atoms with Gasteiger partial charge in [-0.25, -0.2) is 9.97 Å². The van der Waals surface area contributed by atoms with E-state index in [1.807, 2.05) is 73.1 Å². The van der Waals surface area contributed by atoms with E-state index in [1.54, 1.807) is 0 Å². The molecule has 1 amide bonds. The van der Waals surface area contributed by atoms with Gasteiger partial charge in [-0.05, 0) is 30.5 Å². The van der Waals surface area contributed by atoms with Gasteiger partial charge in [0.15, 0.2) is 0 Å². The highest BCUT2D eigenvalue weighted by molar-refractivity contribution is 5.93. The van der Waals surface area contributed by atoms with E-state index < -0.39 is 0 Å². The topological polar surface area (TPSA) is 58.1 Å². The Bertz CT molecular complexity index is 881. The predicted molar refractivity (Wildman–Crippen MR) is 107 cm³/mol. The molecule has 1 saturated heterocycles. The summed E-state index contributed by atoms with van der Waals surface area (Å²) in [5.41, 5.74) is 2.93. The van der Waals surface area contributed by atoms with Crippen molar-refractivity contribution in [2.24, 2.45) is 5.92 Å². The van der Waals surface area contributed by atoms with Crippen LogP contribution < -0.4 is 10.2 Å². The zero-order valence-electron chi connectivity index (χ0n) is 15.1. The van der Waals surface area contributed by atoms with Crippen molar-refractivity contribution < 1.29 is 4.79 Å². The zero-order chi connectivity index (χ0) is 18.5. The fraction of sp³-hybridized carbons (Fsp3) is 0.227. The molecule has 1 aromatic heterocycles. The van der Waals surface area contributed by atoms with Gasteiger partial charge in [-0.2, -0.15) is 0 Å². The third kappa shape index (κ3) is 4.14. The Morgan fingerprint density at radius 2 is 1.59 bits per heavy atom. The maximum Gasteiger partial charge on any atom is 0.229 e. The van der Waals surface area contributed by atoms with Crippen LogP contribution in [0.3, 0.4) is 0 Å². The average Bonchev–Trinajstić information content (AvgIpc) is 2.75. The van der Waals surface area contributed by atoms with Crippen LogP contribution in [0.2, 0.25) is 0 Å². The number of nitrogens with zero attached hydrogens (tertiary/aromatic N) is 3. The monoisotopic (exact) mass is 358 g/mol. The fourth-order valence-corrected chi connectivity index (χ4v) is 3.40. The minimum atomic E-state index is -0.0589. The molecule has 0 unspecified atom stereocenters. The molecule has 2 aromatic carbocycles. The molecule has 1 aliphatic rings. The number of nitrogens with one attached hydrogen (secondary N) is 1. The van der Waals surface area contributed by atoms with Crippen LogP contribution in [0, 0.1) is 5.92 Å². The average molecular weight is 358 g/mol. The summed E-state index contributed by atoms with van der Waals surface area (Å²) in [6, 6.07) is 19.7. The first-order valence-electron chi connectivity index (χ1n) is 9.28. The summed E-state index contributed by atoms with van der Waals surface area (Å²) in [6.45, 7) is 1.52. The Balaban J connectivity index is 1.43. The Hall–Kier alpha value is -3.21. The van der Waals surface area contributed by atoms with Crippen molar-refractivity contribution in [1.29, 1.82) is 0 Å². The second-order valence-corrected chi connectivity index (χ2v) is 6.78. The van der Waals surface area contributed by atoms with Gasteiger partial charge in [-0.3, -0.25) is 4.79 Å². The van der Waals surface area contributed by atoms with E-state index in [4.69, 9.17) is 0 Å². The molecule has 4 rings (SSSR count). The molecule has 1 N–H and O–H groups in total. The number of anilines is 2. The first kappa shape index (κ1) is 17.2. The number of amides is 1. The molecular weight excluding hydrogens is 336 g/mol. The highest BCUT2D eigenvalue weighted by atomic mass is 16.1. The molecule has 2 heterocycles. The quantitative estimate of drug-likeness (QED) is 0.766. The Labute approximate surface area is 159 Å². The molecule has 5 heteroatoms. The fourth-order valence-electron chi connectivity index (χ4n) is 3.40. The maximum atomic E-state index is 12.6. The van der Waals surface area contributed by atoms with E-state index in [-0.39, 0.29) is 11.8 Å². The van der Waals surface area contributed by atoms with E-state index in [2.05, 4.69) is 20.2 Å². The first-order chi connectivity index (χ1) is 13.3. The Morgan fingerprint density at radius 1 is 0.926 bits per heavy atom. The van der Waals surface area contributed by atoms with Gasteiger partial charge in [0, 0.05) is 36.7 Å². The van der Waals surface area contributed by atoms with Crippen LogP contribution in [0.4, 0.5) is 11.6 Å². The summed E-state index contributed by atoms with van der Waals surface area (Å²) in [6.07, 6.45) is 5.55. The number of carbonyl (C=O) groups excluding carboxylic acids is 1. The number of rotatable bonds is 4. The number of hydrogen-bond acceptors (Lipinski definition) is 4. The molecule has 0 radical (unpaired) electrons. The zero-order valence-corrected chi connectivity index (χ0v) is 15.1. The second-order valence-electron chi connectivity index (χ2n) is 6.78. The third-order valence-electron chi connectivity index (χ3n) is 4.86. The summed E-state index contributed by atoms with van der Waals surface area (Å²) in [4.78, 5) is 23.8. The highest BCUT2D eigenvalue weighted by Crippen LogP contribution is 2.23. The third-order valence-corrected chi connectivity index (χ3v) is 4.86. The van der Waals surface area contributed by atoms with E-state index in [0.717, 1.165) is 36.2 Å². The van der Waals surface area contributed by atoms with E-state index in [1.165, 1.54) is 0 Å². The van der Waals surface area contributed by atoms with Crippen LogP contribution in [0.25, 0.3) is 11.1 Å². The lowest BCUT2D eigenvalue weighted by Gasteiger charge is -2.32. The molecule has 3 aromatic rings.